The largest absolute Gasteiger partial charge is 0.478 e. The highest BCUT2D eigenvalue weighted by atomic mass is 32.1. The number of hydrogen-bond acceptors (Lipinski definition) is 4. The summed E-state index contributed by atoms with van der Waals surface area (Å²) < 4.78 is 5.67. The first-order valence-electron chi connectivity index (χ1n) is 6.64. The highest BCUT2D eigenvalue weighted by Gasteiger charge is 2.19. The molecule has 21 heavy (non-hydrogen) atoms. The van der Waals surface area contributed by atoms with Crippen molar-refractivity contribution in [2.45, 2.75) is 20.0 Å². The number of furan rings is 1. The maximum absolute atomic E-state index is 11.5. The third-order valence-electron chi connectivity index (χ3n) is 3.42. The summed E-state index contributed by atoms with van der Waals surface area (Å²) in [6.07, 6.45) is 0. The minimum Gasteiger partial charge on any atom is -0.478 e. The van der Waals surface area contributed by atoms with Crippen molar-refractivity contribution in [3.63, 3.8) is 0 Å². The molecule has 1 aromatic carbocycles. The molecule has 5 heteroatoms. The highest BCUT2D eigenvalue weighted by molar-refractivity contribution is 7.10. The molecule has 3 rings (SSSR count). The van der Waals surface area contributed by atoms with E-state index in [9.17, 15) is 9.90 Å². The van der Waals surface area contributed by atoms with Gasteiger partial charge in [0.25, 0.3) is 0 Å². The number of hydrogen-bond donors (Lipinski definition) is 2. The first-order chi connectivity index (χ1) is 10.2. The van der Waals surface area contributed by atoms with E-state index in [2.05, 4.69) is 23.7 Å². The van der Waals surface area contributed by atoms with Gasteiger partial charge in [0.1, 0.15) is 16.9 Å². The van der Waals surface area contributed by atoms with Gasteiger partial charge in [-0.2, -0.15) is 0 Å². The van der Waals surface area contributed by atoms with E-state index in [0.717, 1.165) is 0 Å². The average molecular weight is 301 g/mol. The van der Waals surface area contributed by atoms with Gasteiger partial charge in [0.2, 0.25) is 0 Å². The molecule has 0 bridgehead atoms. The molecule has 0 amide bonds. The quantitative estimate of drug-likeness (QED) is 0.752. The van der Waals surface area contributed by atoms with E-state index in [1.165, 1.54) is 10.4 Å². The lowest BCUT2D eigenvalue weighted by atomic mass is 10.1. The number of carboxylic acid groups (broad SMARTS) is 1. The van der Waals surface area contributed by atoms with Crippen LogP contribution in [0.15, 0.2) is 40.1 Å². The Morgan fingerprint density at radius 2 is 2.10 bits per heavy atom. The standard InChI is InChI=1S/C16H15NO3S/c1-10-6-7-21-14(10)9-17-8-13-15(16(18)19)11-4-2-3-5-12(11)20-13/h2-7,17H,8-9H2,1H3,(H,18,19). The van der Waals surface area contributed by atoms with Gasteiger partial charge in [-0.15, -0.1) is 11.3 Å². The first kappa shape index (κ1) is 13.9. The number of rotatable bonds is 5. The summed E-state index contributed by atoms with van der Waals surface area (Å²) in [6, 6.07) is 9.29. The number of para-hydroxylation sites is 1. The van der Waals surface area contributed by atoms with E-state index in [-0.39, 0.29) is 5.56 Å². The number of aromatic carboxylic acids is 1. The van der Waals surface area contributed by atoms with Crippen molar-refractivity contribution in [1.82, 2.24) is 5.32 Å². The Labute approximate surface area is 126 Å². The number of nitrogens with one attached hydrogen (secondary N) is 1. The molecule has 0 aliphatic heterocycles. The van der Waals surface area contributed by atoms with E-state index >= 15 is 0 Å². The molecule has 2 N–H and O–H groups in total. The summed E-state index contributed by atoms with van der Waals surface area (Å²) in [5.74, 6) is -0.484. The van der Waals surface area contributed by atoms with E-state index in [4.69, 9.17) is 4.42 Å². The van der Waals surface area contributed by atoms with Crippen LogP contribution < -0.4 is 5.32 Å². The molecule has 108 valence electrons. The number of carboxylic acids is 1. The van der Waals surface area contributed by atoms with Crippen LogP contribution >= 0.6 is 11.3 Å². The topological polar surface area (TPSA) is 62.5 Å². The number of fused-ring (bicyclic) bond motifs is 1. The summed E-state index contributed by atoms with van der Waals surface area (Å²) in [5, 5.41) is 15.3. The maximum Gasteiger partial charge on any atom is 0.339 e. The number of aryl methyl sites for hydroxylation is 1. The van der Waals surface area contributed by atoms with E-state index < -0.39 is 5.97 Å². The van der Waals surface area contributed by atoms with Gasteiger partial charge < -0.3 is 14.8 Å². The Morgan fingerprint density at radius 1 is 1.29 bits per heavy atom. The molecule has 3 aromatic rings. The van der Waals surface area contributed by atoms with Gasteiger partial charge in [-0.05, 0) is 30.0 Å². The van der Waals surface area contributed by atoms with Gasteiger partial charge in [0, 0.05) is 16.8 Å². The Hall–Kier alpha value is -2.11. The average Bonchev–Trinajstić information content (AvgIpc) is 3.02. The molecule has 0 unspecified atom stereocenters. The van der Waals surface area contributed by atoms with Gasteiger partial charge in [0.15, 0.2) is 0 Å². The molecular formula is C16H15NO3S. The van der Waals surface area contributed by atoms with Gasteiger partial charge >= 0.3 is 5.97 Å². The molecule has 0 radical (unpaired) electrons. The molecule has 0 fully saturated rings. The lowest BCUT2D eigenvalue weighted by Crippen LogP contribution is -2.14. The summed E-state index contributed by atoms with van der Waals surface area (Å²) in [6.45, 7) is 3.17. The zero-order valence-electron chi connectivity index (χ0n) is 11.6. The fourth-order valence-corrected chi connectivity index (χ4v) is 3.21. The molecule has 2 heterocycles. The second kappa shape index (κ2) is 5.71. The molecule has 0 aliphatic carbocycles. The molecule has 0 spiro atoms. The fourth-order valence-electron chi connectivity index (χ4n) is 2.33. The van der Waals surface area contributed by atoms with Gasteiger partial charge in [0.05, 0.1) is 6.54 Å². The summed E-state index contributed by atoms with van der Waals surface area (Å²) in [4.78, 5) is 12.7. The lowest BCUT2D eigenvalue weighted by molar-refractivity contribution is 0.0696. The third-order valence-corrected chi connectivity index (χ3v) is 4.44. The van der Waals surface area contributed by atoms with Crippen molar-refractivity contribution < 1.29 is 14.3 Å². The summed E-state index contributed by atoms with van der Waals surface area (Å²) >= 11 is 1.69. The summed E-state index contributed by atoms with van der Waals surface area (Å²) in [5.41, 5.74) is 2.11. The fraction of sp³-hybridized carbons (Fsp3) is 0.188. The van der Waals surface area contributed by atoms with Crippen LogP contribution in [0.1, 0.15) is 26.6 Å². The predicted molar refractivity (Wildman–Crippen MR) is 82.8 cm³/mol. The second-order valence-electron chi connectivity index (χ2n) is 4.83. The molecule has 0 saturated heterocycles. The van der Waals surface area contributed by atoms with Crippen LogP contribution in [-0.4, -0.2) is 11.1 Å². The van der Waals surface area contributed by atoms with Crippen LogP contribution in [-0.2, 0) is 13.1 Å². The number of benzene rings is 1. The summed E-state index contributed by atoms with van der Waals surface area (Å²) in [7, 11) is 0. The SMILES string of the molecule is Cc1ccsc1CNCc1oc2ccccc2c1C(=O)O. The molecule has 2 aromatic heterocycles. The predicted octanol–water partition coefficient (Wildman–Crippen LogP) is 3.79. The molecule has 0 saturated carbocycles. The Balaban J connectivity index is 1.82. The zero-order chi connectivity index (χ0) is 14.8. The van der Waals surface area contributed by atoms with Gasteiger partial charge in [-0.3, -0.25) is 0 Å². The van der Waals surface area contributed by atoms with Crippen molar-refractivity contribution in [3.8, 4) is 0 Å². The van der Waals surface area contributed by atoms with Crippen LogP contribution in [0.3, 0.4) is 0 Å². The first-order valence-corrected chi connectivity index (χ1v) is 7.52. The minimum atomic E-state index is -0.955. The van der Waals surface area contributed by atoms with Crippen molar-refractivity contribution >= 4 is 28.3 Å². The molecule has 4 nitrogen and oxygen atoms in total. The van der Waals surface area contributed by atoms with Crippen LogP contribution in [0.5, 0.6) is 0 Å². The molecule has 0 aliphatic rings. The van der Waals surface area contributed by atoms with Crippen LogP contribution in [0.2, 0.25) is 0 Å². The van der Waals surface area contributed by atoms with Crippen molar-refractivity contribution in [1.29, 1.82) is 0 Å². The zero-order valence-corrected chi connectivity index (χ0v) is 12.4. The highest BCUT2D eigenvalue weighted by Crippen LogP contribution is 2.26. The number of thiophene rings is 1. The molecular weight excluding hydrogens is 286 g/mol. The maximum atomic E-state index is 11.5. The van der Waals surface area contributed by atoms with Gasteiger partial charge in [-0.25, -0.2) is 4.79 Å². The van der Waals surface area contributed by atoms with Crippen molar-refractivity contribution in [2.24, 2.45) is 0 Å². The smallest absolute Gasteiger partial charge is 0.339 e. The van der Waals surface area contributed by atoms with Crippen LogP contribution in [0, 0.1) is 6.92 Å². The normalized spacial score (nSPS) is 11.1. The van der Waals surface area contributed by atoms with Crippen molar-refractivity contribution in [2.75, 3.05) is 0 Å². The lowest BCUT2D eigenvalue weighted by Gasteiger charge is -2.03. The minimum absolute atomic E-state index is 0.251. The van der Waals surface area contributed by atoms with E-state index in [1.54, 1.807) is 23.5 Å². The van der Waals surface area contributed by atoms with E-state index in [1.807, 2.05) is 12.1 Å². The Morgan fingerprint density at radius 3 is 2.81 bits per heavy atom. The molecule has 0 atom stereocenters. The second-order valence-corrected chi connectivity index (χ2v) is 5.83. The monoisotopic (exact) mass is 301 g/mol. The number of carbonyl (C=O) groups is 1. The van der Waals surface area contributed by atoms with Crippen LogP contribution in [0.4, 0.5) is 0 Å². The van der Waals surface area contributed by atoms with Gasteiger partial charge in [-0.1, -0.05) is 18.2 Å². The Bertz CT molecular complexity index is 788. The third kappa shape index (κ3) is 2.70. The van der Waals surface area contributed by atoms with E-state index in [0.29, 0.717) is 29.8 Å². The Kier molecular flexibility index (Phi) is 3.77. The van der Waals surface area contributed by atoms with Crippen molar-refractivity contribution in [3.05, 3.63) is 57.5 Å². The van der Waals surface area contributed by atoms with Crippen LogP contribution in [0.25, 0.3) is 11.0 Å².